The van der Waals surface area contributed by atoms with Gasteiger partial charge in [0.05, 0.1) is 0 Å². The first kappa shape index (κ1) is 30.1. The summed E-state index contributed by atoms with van der Waals surface area (Å²) in [6, 6.07) is 0. The van der Waals surface area contributed by atoms with Crippen molar-refractivity contribution in [3.05, 3.63) is 0 Å². The second-order valence-corrected chi connectivity index (χ2v) is 3.25. The summed E-state index contributed by atoms with van der Waals surface area (Å²) < 4.78 is 0. The summed E-state index contributed by atoms with van der Waals surface area (Å²) in [6.07, 6.45) is 5.08. The summed E-state index contributed by atoms with van der Waals surface area (Å²) >= 11 is 0. The van der Waals surface area contributed by atoms with E-state index in [0.717, 1.165) is 19.6 Å². The van der Waals surface area contributed by atoms with Crippen LogP contribution in [-0.2, 0) is 0 Å². The van der Waals surface area contributed by atoms with E-state index in [1.807, 2.05) is 0 Å². The van der Waals surface area contributed by atoms with Crippen LogP contribution in [0.3, 0.4) is 0 Å². The molecule has 0 aromatic carbocycles. The normalized spacial score (nSPS) is 7.06. The topological polar surface area (TPSA) is 99.1 Å². The van der Waals surface area contributed by atoms with E-state index in [1.54, 1.807) is 0 Å². The molecular formula is C13H40N4. The first-order chi connectivity index (χ1) is 7.74. The fourth-order valence-corrected chi connectivity index (χ4v) is 0.404. The van der Waals surface area contributed by atoms with Gasteiger partial charge in [-0.1, -0.05) is 53.9 Å². The molecule has 0 aliphatic carbocycles. The minimum atomic E-state index is 0. The average molecular weight is 252 g/mol. The van der Waals surface area contributed by atoms with Gasteiger partial charge in [0.1, 0.15) is 0 Å². The molecule has 0 saturated carbocycles. The van der Waals surface area contributed by atoms with Gasteiger partial charge in [-0.2, -0.15) is 0 Å². The van der Waals surface area contributed by atoms with Gasteiger partial charge in [-0.05, 0) is 20.0 Å². The van der Waals surface area contributed by atoms with E-state index in [0.29, 0.717) is 0 Å². The molecule has 0 bridgehead atoms. The lowest BCUT2D eigenvalue weighted by molar-refractivity contribution is 0.678. The Morgan fingerprint density at radius 2 is 1.12 bits per heavy atom. The van der Waals surface area contributed by atoms with E-state index in [2.05, 4.69) is 45.7 Å². The maximum absolute atomic E-state index is 5.21. The Bertz CT molecular complexity index is 55.4. The van der Waals surface area contributed by atoms with Gasteiger partial charge in [0.2, 0.25) is 0 Å². The van der Waals surface area contributed by atoms with Gasteiger partial charge < -0.3 is 22.9 Å². The lowest BCUT2D eigenvalue weighted by atomic mass is 10.4. The molecule has 4 heteroatoms. The average Bonchev–Trinajstić information content (AvgIpc) is 2.34. The van der Waals surface area contributed by atoms with Crippen LogP contribution in [0.15, 0.2) is 0 Å². The summed E-state index contributed by atoms with van der Waals surface area (Å²) in [6.45, 7) is 13.6. The van der Waals surface area contributed by atoms with Gasteiger partial charge in [0, 0.05) is 13.1 Å². The van der Waals surface area contributed by atoms with Gasteiger partial charge in [-0.3, -0.25) is 0 Å². The molecule has 0 unspecified atom stereocenters. The molecule has 0 aromatic rings. The second-order valence-electron chi connectivity index (χ2n) is 3.25. The number of hydrogen-bond acceptors (Lipinski definition) is 4. The highest BCUT2D eigenvalue weighted by Gasteiger charge is 1.76. The number of nitrogens with two attached hydrogens (primary N) is 2. The van der Waals surface area contributed by atoms with Crippen molar-refractivity contribution in [1.82, 2.24) is 11.5 Å². The Morgan fingerprint density at radius 3 is 1.29 bits per heavy atom. The first-order valence-electron chi connectivity index (χ1n) is 6.73. The fourth-order valence-electron chi connectivity index (χ4n) is 0.404. The third-order valence-electron chi connectivity index (χ3n) is 1.25. The summed E-state index contributed by atoms with van der Waals surface area (Å²) in [4.78, 5) is 0. The fraction of sp³-hybridized carbons (Fsp3) is 1.00. The Labute approximate surface area is 111 Å². The van der Waals surface area contributed by atoms with Crippen LogP contribution in [0.2, 0.25) is 0 Å². The quantitative estimate of drug-likeness (QED) is 0.565. The molecule has 112 valence electrons. The van der Waals surface area contributed by atoms with Crippen molar-refractivity contribution in [3.63, 3.8) is 0 Å². The molecule has 0 spiro atoms. The van der Waals surface area contributed by atoms with Crippen LogP contribution >= 0.6 is 0 Å². The molecule has 0 atom stereocenters. The molecule has 0 aliphatic rings. The van der Waals surface area contributed by atoms with Crippen LogP contribution in [0.1, 0.15) is 60.3 Å². The van der Waals surface area contributed by atoms with Gasteiger partial charge >= 0.3 is 0 Å². The van der Waals surface area contributed by atoms with E-state index in [9.17, 15) is 0 Å². The largest absolute Gasteiger partial charge is 0.344 e. The third kappa shape index (κ3) is 130. The molecule has 17 heavy (non-hydrogen) atoms. The molecule has 8 N–H and O–H groups in total. The lowest BCUT2D eigenvalue weighted by Crippen LogP contribution is -2.22. The van der Waals surface area contributed by atoms with Crippen molar-refractivity contribution in [2.45, 2.75) is 60.3 Å². The van der Waals surface area contributed by atoms with Gasteiger partial charge in [-0.25, -0.2) is 0 Å². The SMILES string of the molecule is CCC.CCCC.CCCNCCN.CN.N. The summed E-state index contributed by atoms with van der Waals surface area (Å²) in [7, 11) is 1.50. The highest BCUT2D eigenvalue weighted by atomic mass is 14.9. The summed E-state index contributed by atoms with van der Waals surface area (Å²) in [5, 5.41) is 3.16. The van der Waals surface area contributed by atoms with Crippen molar-refractivity contribution in [1.29, 1.82) is 0 Å². The molecule has 0 rings (SSSR count). The highest BCUT2D eigenvalue weighted by molar-refractivity contribution is 4.42. The van der Waals surface area contributed by atoms with Gasteiger partial charge in [0.15, 0.2) is 0 Å². The standard InChI is InChI=1S/C5H14N2.C4H10.C3H8.CH5N.H3N/c1-2-4-7-5-3-6;1-3-4-2;1-3-2;1-2;/h7H,2-6H2,1H3;3-4H2,1-2H3;3H2,1-2H3;2H2,1H3;1H3. The summed E-state index contributed by atoms with van der Waals surface area (Å²) in [5.74, 6) is 0. The molecule has 0 heterocycles. The van der Waals surface area contributed by atoms with E-state index in [1.165, 1.54) is 32.7 Å². The van der Waals surface area contributed by atoms with Crippen molar-refractivity contribution < 1.29 is 0 Å². The Balaban J connectivity index is -0.0000000416. The smallest absolute Gasteiger partial charge is 0.00744 e. The van der Waals surface area contributed by atoms with Gasteiger partial charge in [0.25, 0.3) is 0 Å². The predicted octanol–water partition coefficient (Wildman–Crippen LogP) is 2.90. The minimum Gasteiger partial charge on any atom is -0.344 e. The van der Waals surface area contributed by atoms with E-state index >= 15 is 0 Å². The van der Waals surface area contributed by atoms with Crippen LogP contribution in [0.5, 0.6) is 0 Å². The summed E-state index contributed by atoms with van der Waals surface area (Å²) in [5.41, 5.74) is 9.71. The van der Waals surface area contributed by atoms with Crippen LogP contribution < -0.4 is 22.9 Å². The first-order valence-corrected chi connectivity index (χ1v) is 6.73. The maximum atomic E-state index is 5.21. The number of rotatable bonds is 5. The number of hydrogen-bond donors (Lipinski definition) is 4. The lowest BCUT2D eigenvalue weighted by Gasteiger charge is -1.95. The second kappa shape index (κ2) is 56.8. The van der Waals surface area contributed by atoms with Crippen LogP contribution in [-0.4, -0.2) is 26.7 Å². The molecule has 4 nitrogen and oxygen atoms in total. The van der Waals surface area contributed by atoms with Gasteiger partial charge in [-0.15, -0.1) is 0 Å². The van der Waals surface area contributed by atoms with Crippen molar-refractivity contribution in [2.24, 2.45) is 11.5 Å². The number of nitrogens with one attached hydrogen (secondary N) is 1. The third-order valence-corrected chi connectivity index (χ3v) is 1.25. The van der Waals surface area contributed by atoms with Crippen LogP contribution in [0.4, 0.5) is 0 Å². The Hall–Kier alpha value is -0.160. The Kier molecular flexibility index (Phi) is 101. The van der Waals surface area contributed by atoms with Crippen LogP contribution in [0, 0.1) is 0 Å². The monoisotopic (exact) mass is 252 g/mol. The van der Waals surface area contributed by atoms with E-state index in [-0.39, 0.29) is 6.15 Å². The van der Waals surface area contributed by atoms with E-state index in [4.69, 9.17) is 5.73 Å². The molecule has 0 saturated heterocycles. The highest BCUT2D eigenvalue weighted by Crippen LogP contribution is 1.76. The minimum absolute atomic E-state index is 0. The zero-order chi connectivity index (χ0) is 13.7. The van der Waals surface area contributed by atoms with E-state index < -0.39 is 0 Å². The molecule has 0 radical (unpaired) electrons. The number of unbranched alkanes of at least 4 members (excludes halogenated alkanes) is 1. The van der Waals surface area contributed by atoms with Crippen LogP contribution in [0.25, 0.3) is 0 Å². The predicted molar refractivity (Wildman–Crippen MR) is 83.9 cm³/mol. The zero-order valence-electron chi connectivity index (χ0n) is 13.3. The molecule has 0 aromatic heterocycles. The molecule has 0 amide bonds. The maximum Gasteiger partial charge on any atom is 0.00744 e. The molecule has 0 aliphatic heterocycles. The molecular weight excluding hydrogens is 212 g/mol. The zero-order valence-corrected chi connectivity index (χ0v) is 13.3. The van der Waals surface area contributed by atoms with Crippen molar-refractivity contribution in [2.75, 3.05) is 26.7 Å². The Morgan fingerprint density at radius 1 is 0.765 bits per heavy atom. The van der Waals surface area contributed by atoms with Crippen molar-refractivity contribution >= 4 is 0 Å². The molecule has 0 fully saturated rings. The van der Waals surface area contributed by atoms with Crippen molar-refractivity contribution in [3.8, 4) is 0 Å².